The van der Waals surface area contributed by atoms with E-state index in [0.717, 1.165) is 5.56 Å². The number of benzene rings is 1. The molecule has 0 radical (unpaired) electrons. The molecule has 0 aliphatic carbocycles. The first-order valence-corrected chi connectivity index (χ1v) is 6.14. The third kappa shape index (κ3) is 1.39. The maximum atomic E-state index is 12.8. The van der Waals surface area contributed by atoms with E-state index in [9.17, 15) is 8.60 Å². The average molecular weight is 236 g/mol. The third-order valence-corrected chi connectivity index (χ3v) is 4.36. The fourth-order valence-corrected chi connectivity index (χ4v) is 3.39. The van der Waals surface area contributed by atoms with E-state index < -0.39 is 10.8 Å². The second kappa shape index (κ2) is 3.52. The molecule has 0 amide bonds. The predicted molar refractivity (Wildman–Crippen MR) is 57.8 cm³/mol. The van der Waals surface area contributed by atoms with Crippen molar-refractivity contribution in [3.05, 3.63) is 48.0 Å². The number of hydrogen-bond donors (Lipinski definition) is 0. The predicted octanol–water partition coefficient (Wildman–Crippen LogP) is 1.88. The summed E-state index contributed by atoms with van der Waals surface area (Å²) in [4.78, 5) is 4.06. The number of fused-ring (bicyclic) bond motifs is 1. The van der Waals surface area contributed by atoms with Gasteiger partial charge in [0.05, 0.1) is 16.0 Å². The fraction of sp³-hybridized carbons (Fsp3) is 0.182. The summed E-state index contributed by atoms with van der Waals surface area (Å²) in [5, 5.41) is 0.499. The lowest BCUT2D eigenvalue weighted by Gasteiger charge is -2.07. The van der Waals surface area contributed by atoms with Gasteiger partial charge in [0.15, 0.2) is 5.16 Å². The average Bonchev–Trinajstić information content (AvgIpc) is 2.84. The molecule has 1 aromatic heterocycles. The topological polar surface area (TPSA) is 34.9 Å². The molecular formula is C11H9FN2OS. The molecule has 2 unspecified atom stereocenters. The number of halogens is 1. The van der Waals surface area contributed by atoms with E-state index in [4.69, 9.17) is 0 Å². The normalized spacial score (nSPS) is 23.3. The lowest BCUT2D eigenvalue weighted by Crippen LogP contribution is -2.03. The summed E-state index contributed by atoms with van der Waals surface area (Å²) in [7, 11) is -1.13. The van der Waals surface area contributed by atoms with E-state index in [0.29, 0.717) is 11.7 Å². The Morgan fingerprint density at radius 2 is 2.12 bits per heavy atom. The van der Waals surface area contributed by atoms with Crippen LogP contribution in [0.2, 0.25) is 0 Å². The van der Waals surface area contributed by atoms with Gasteiger partial charge in [0.1, 0.15) is 5.82 Å². The number of rotatable bonds is 1. The number of aromatic nitrogens is 2. The largest absolute Gasteiger partial charge is 0.322 e. The third-order valence-electron chi connectivity index (χ3n) is 2.72. The van der Waals surface area contributed by atoms with Crippen molar-refractivity contribution in [1.29, 1.82) is 0 Å². The summed E-state index contributed by atoms with van der Waals surface area (Å²) in [5.41, 5.74) is 0.894. The molecule has 1 aromatic carbocycles. The van der Waals surface area contributed by atoms with E-state index in [1.807, 2.05) is 10.8 Å². The Kier molecular flexibility index (Phi) is 2.14. The number of hydrogen-bond acceptors (Lipinski definition) is 2. The molecule has 0 bridgehead atoms. The molecule has 0 saturated heterocycles. The molecule has 0 saturated carbocycles. The summed E-state index contributed by atoms with van der Waals surface area (Å²) in [6.07, 6.45) is 3.46. The van der Waals surface area contributed by atoms with Gasteiger partial charge in [-0.05, 0) is 17.7 Å². The van der Waals surface area contributed by atoms with Crippen LogP contribution in [0.3, 0.4) is 0 Å². The molecule has 3 nitrogen and oxygen atoms in total. The van der Waals surface area contributed by atoms with E-state index in [1.165, 1.54) is 12.1 Å². The summed E-state index contributed by atoms with van der Waals surface area (Å²) in [5.74, 6) is -0.273. The van der Waals surface area contributed by atoms with E-state index in [-0.39, 0.29) is 11.1 Å². The van der Waals surface area contributed by atoms with Gasteiger partial charge >= 0.3 is 0 Å². The van der Waals surface area contributed by atoms with Crippen LogP contribution < -0.4 is 0 Å². The Balaban J connectivity index is 1.97. The summed E-state index contributed by atoms with van der Waals surface area (Å²) < 4.78 is 26.7. The van der Waals surface area contributed by atoms with E-state index >= 15 is 0 Å². The monoisotopic (exact) mass is 236 g/mol. The Morgan fingerprint density at radius 3 is 2.81 bits per heavy atom. The Bertz CT molecular complexity index is 549. The first-order chi connectivity index (χ1) is 7.75. The van der Waals surface area contributed by atoms with Gasteiger partial charge in [-0.1, -0.05) is 12.1 Å². The highest BCUT2D eigenvalue weighted by Gasteiger charge is 2.31. The van der Waals surface area contributed by atoms with Gasteiger partial charge in [0.25, 0.3) is 0 Å². The highest BCUT2D eigenvalue weighted by molar-refractivity contribution is 7.85. The van der Waals surface area contributed by atoms with Crippen LogP contribution >= 0.6 is 0 Å². The molecule has 0 N–H and O–H groups in total. The highest BCUT2D eigenvalue weighted by atomic mass is 32.2. The van der Waals surface area contributed by atoms with Crippen molar-refractivity contribution in [3.63, 3.8) is 0 Å². The highest BCUT2D eigenvalue weighted by Crippen LogP contribution is 2.32. The maximum Gasteiger partial charge on any atom is 0.199 e. The quantitative estimate of drug-likeness (QED) is 0.757. The van der Waals surface area contributed by atoms with Crippen molar-refractivity contribution in [2.45, 2.75) is 17.0 Å². The minimum Gasteiger partial charge on any atom is -0.322 e. The standard InChI is InChI=1S/C11H9FN2OS/c12-9-3-1-8(2-4-9)10-7-14-6-5-13-11(14)16(10)15/h1-6,10H,7H2. The fourth-order valence-electron chi connectivity index (χ4n) is 1.90. The number of imidazole rings is 1. The van der Waals surface area contributed by atoms with Gasteiger partial charge in [-0.2, -0.15) is 0 Å². The molecule has 0 fully saturated rings. The van der Waals surface area contributed by atoms with Crippen LogP contribution in [-0.4, -0.2) is 13.8 Å². The van der Waals surface area contributed by atoms with Crippen LogP contribution in [0.5, 0.6) is 0 Å². The molecular weight excluding hydrogens is 227 g/mol. The molecule has 5 heteroatoms. The van der Waals surface area contributed by atoms with Crippen molar-refractivity contribution in [2.24, 2.45) is 0 Å². The molecule has 3 rings (SSSR count). The Hall–Kier alpha value is -1.49. The van der Waals surface area contributed by atoms with Crippen molar-refractivity contribution >= 4 is 10.8 Å². The van der Waals surface area contributed by atoms with Crippen LogP contribution in [0.4, 0.5) is 4.39 Å². The van der Waals surface area contributed by atoms with Crippen molar-refractivity contribution < 1.29 is 8.60 Å². The van der Waals surface area contributed by atoms with Crippen LogP contribution in [0.15, 0.2) is 41.8 Å². The van der Waals surface area contributed by atoms with Crippen molar-refractivity contribution in [1.82, 2.24) is 9.55 Å². The van der Waals surface area contributed by atoms with Crippen LogP contribution in [0.25, 0.3) is 0 Å². The SMILES string of the molecule is O=S1c2nccn2CC1c1ccc(F)cc1. The van der Waals surface area contributed by atoms with Crippen LogP contribution in [0, 0.1) is 5.82 Å². The molecule has 16 heavy (non-hydrogen) atoms. The zero-order chi connectivity index (χ0) is 11.1. The number of nitrogens with zero attached hydrogens (tertiary/aromatic N) is 2. The van der Waals surface area contributed by atoms with Crippen molar-refractivity contribution in [2.75, 3.05) is 0 Å². The summed E-state index contributed by atoms with van der Waals surface area (Å²) in [6, 6.07) is 6.16. The zero-order valence-corrected chi connectivity index (χ0v) is 9.15. The van der Waals surface area contributed by atoms with Gasteiger partial charge in [-0.3, -0.25) is 4.21 Å². The first-order valence-electron chi connectivity index (χ1n) is 4.93. The second-order valence-electron chi connectivity index (χ2n) is 3.70. The lowest BCUT2D eigenvalue weighted by atomic mass is 10.1. The Morgan fingerprint density at radius 1 is 1.38 bits per heavy atom. The van der Waals surface area contributed by atoms with E-state index in [2.05, 4.69) is 4.98 Å². The minimum atomic E-state index is -1.13. The maximum absolute atomic E-state index is 12.8. The molecule has 82 valence electrons. The molecule has 1 aliphatic heterocycles. The van der Waals surface area contributed by atoms with Crippen molar-refractivity contribution in [3.8, 4) is 0 Å². The summed E-state index contributed by atoms with van der Waals surface area (Å²) >= 11 is 0. The van der Waals surface area contributed by atoms with Gasteiger partial charge in [-0.15, -0.1) is 0 Å². The van der Waals surface area contributed by atoms with Crippen LogP contribution in [0.1, 0.15) is 10.8 Å². The van der Waals surface area contributed by atoms with Gasteiger partial charge in [-0.25, -0.2) is 9.37 Å². The molecule has 2 atom stereocenters. The molecule has 0 spiro atoms. The van der Waals surface area contributed by atoms with Crippen LogP contribution in [-0.2, 0) is 17.3 Å². The van der Waals surface area contributed by atoms with Gasteiger partial charge in [0, 0.05) is 18.9 Å². The molecule has 2 heterocycles. The molecule has 2 aromatic rings. The Labute approximate surface area is 94.4 Å². The molecule has 1 aliphatic rings. The second-order valence-corrected chi connectivity index (χ2v) is 5.23. The first kappa shape index (κ1) is 9.72. The smallest absolute Gasteiger partial charge is 0.199 e. The minimum absolute atomic E-state index is 0.107. The lowest BCUT2D eigenvalue weighted by molar-refractivity contribution is 0.624. The summed E-state index contributed by atoms with van der Waals surface area (Å²) in [6.45, 7) is 0.646. The van der Waals surface area contributed by atoms with Gasteiger partial charge in [0.2, 0.25) is 0 Å². The van der Waals surface area contributed by atoms with Gasteiger partial charge < -0.3 is 4.57 Å². The zero-order valence-electron chi connectivity index (χ0n) is 8.34. The van der Waals surface area contributed by atoms with E-state index in [1.54, 1.807) is 18.3 Å².